The molecule has 1 atom stereocenters. The number of thiophene rings is 1. The third-order valence-corrected chi connectivity index (χ3v) is 5.98. The van der Waals surface area contributed by atoms with Crippen molar-refractivity contribution in [1.29, 1.82) is 0 Å². The van der Waals surface area contributed by atoms with E-state index in [0.717, 1.165) is 16.8 Å². The molecule has 2 aliphatic rings. The van der Waals surface area contributed by atoms with Crippen molar-refractivity contribution < 1.29 is 0 Å². The third kappa shape index (κ3) is 2.09. The fourth-order valence-corrected chi connectivity index (χ4v) is 4.42. The number of rotatable bonds is 3. The molecule has 1 aromatic heterocycles. The molecule has 1 aliphatic heterocycles. The first kappa shape index (κ1) is 15.0. The number of guanidine groups is 1. The summed E-state index contributed by atoms with van der Waals surface area (Å²) in [6.07, 6.45) is 7.86. The second kappa shape index (κ2) is 5.25. The molecule has 2 aromatic rings. The quantitative estimate of drug-likeness (QED) is 0.869. The van der Waals surface area contributed by atoms with Crippen molar-refractivity contribution in [3.8, 4) is 22.8 Å². The van der Waals surface area contributed by atoms with Gasteiger partial charge in [-0.25, -0.2) is 4.99 Å². The largest absolute Gasteiger partial charge is 0.369 e. The van der Waals surface area contributed by atoms with Gasteiger partial charge in [-0.2, -0.15) is 0 Å². The Morgan fingerprint density at radius 1 is 1.42 bits per heavy atom. The summed E-state index contributed by atoms with van der Waals surface area (Å²) in [6.45, 7) is 4.30. The second-order valence-electron chi connectivity index (χ2n) is 6.44. The SMILES string of the molecule is C#Cc1cccc(-c2cc(C3(C4CC4)N=C(N)N(C)C3=C)cs2)c1. The molecule has 120 valence electrons. The van der Waals surface area contributed by atoms with Gasteiger partial charge in [0.05, 0.1) is 0 Å². The summed E-state index contributed by atoms with van der Waals surface area (Å²) in [5, 5.41) is 2.19. The van der Waals surface area contributed by atoms with Crippen LogP contribution in [0.15, 0.2) is 53.0 Å². The Kier molecular flexibility index (Phi) is 3.29. The lowest BCUT2D eigenvalue weighted by molar-refractivity contribution is 0.424. The molecule has 0 radical (unpaired) electrons. The van der Waals surface area contributed by atoms with Gasteiger partial charge in [-0.3, -0.25) is 0 Å². The van der Waals surface area contributed by atoms with Gasteiger partial charge in [0.25, 0.3) is 0 Å². The van der Waals surface area contributed by atoms with Crippen LogP contribution in [0.2, 0.25) is 0 Å². The van der Waals surface area contributed by atoms with E-state index in [4.69, 9.17) is 17.1 Å². The van der Waals surface area contributed by atoms with Crippen LogP contribution in [-0.2, 0) is 5.54 Å². The number of nitrogens with zero attached hydrogens (tertiary/aromatic N) is 2. The Balaban J connectivity index is 1.79. The van der Waals surface area contributed by atoms with Crippen LogP contribution in [-0.4, -0.2) is 17.9 Å². The highest BCUT2D eigenvalue weighted by Crippen LogP contribution is 2.56. The van der Waals surface area contributed by atoms with Crippen molar-refractivity contribution in [1.82, 2.24) is 4.90 Å². The maximum absolute atomic E-state index is 6.10. The molecule has 2 N–H and O–H groups in total. The van der Waals surface area contributed by atoms with Crippen LogP contribution in [0.1, 0.15) is 24.0 Å². The van der Waals surface area contributed by atoms with Gasteiger partial charge in [0.1, 0.15) is 5.54 Å². The molecule has 1 fully saturated rings. The first-order valence-corrected chi connectivity index (χ1v) is 8.88. The van der Waals surface area contributed by atoms with Gasteiger partial charge < -0.3 is 10.6 Å². The van der Waals surface area contributed by atoms with E-state index >= 15 is 0 Å². The second-order valence-corrected chi connectivity index (χ2v) is 7.35. The maximum atomic E-state index is 6.10. The monoisotopic (exact) mass is 333 g/mol. The van der Waals surface area contributed by atoms with E-state index in [0.29, 0.717) is 11.9 Å². The molecule has 1 saturated carbocycles. The molecular formula is C20H19N3S. The minimum absolute atomic E-state index is 0.392. The fourth-order valence-electron chi connectivity index (χ4n) is 3.46. The van der Waals surface area contributed by atoms with Crippen molar-refractivity contribution in [2.45, 2.75) is 18.4 Å². The van der Waals surface area contributed by atoms with E-state index in [9.17, 15) is 0 Å². The zero-order chi connectivity index (χ0) is 16.9. The van der Waals surface area contributed by atoms with Crippen molar-refractivity contribution in [2.24, 2.45) is 16.6 Å². The minimum atomic E-state index is -0.392. The van der Waals surface area contributed by atoms with Crippen molar-refractivity contribution in [3.63, 3.8) is 0 Å². The topological polar surface area (TPSA) is 41.6 Å². The number of hydrogen-bond acceptors (Lipinski definition) is 4. The molecule has 0 spiro atoms. The molecule has 24 heavy (non-hydrogen) atoms. The lowest BCUT2D eigenvalue weighted by Gasteiger charge is -2.28. The Bertz CT molecular complexity index is 898. The van der Waals surface area contributed by atoms with E-state index in [-0.39, 0.29) is 0 Å². The third-order valence-electron chi connectivity index (χ3n) is 5.00. The molecule has 1 aromatic carbocycles. The number of terminal acetylenes is 1. The number of aliphatic imine (C=N–C) groups is 1. The molecule has 0 bridgehead atoms. The van der Waals surface area contributed by atoms with Crippen LogP contribution < -0.4 is 5.73 Å². The van der Waals surface area contributed by atoms with Gasteiger partial charge >= 0.3 is 0 Å². The molecular weight excluding hydrogens is 314 g/mol. The highest BCUT2D eigenvalue weighted by atomic mass is 32.1. The van der Waals surface area contributed by atoms with Crippen LogP contribution in [0.5, 0.6) is 0 Å². The lowest BCUT2D eigenvalue weighted by Crippen LogP contribution is -2.32. The predicted octanol–water partition coefficient (Wildman–Crippen LogP) is 3.78. The average Bonchev–Trinajstić information content (AvgIpc) is 3.29. The van der Waals surface area contributed by atoms with Crippen molar-refractivity contribution in [3.05, 3.63) is 59.1 Å². The zero-order valence-corrected chi connectivity index (χ0v) is 14.4. The van der Waals surface area contributed by atoms with E-state index in [1.807, 2.05) is 30.1 Å². The zero-order valence-electron chi connectivity index (χ0n) is 13.6. The van der Waals surface area contributed by atoms with Gasteiger partial charge in [0, 0.05) is 23.2 Å². The molecule has 1 unspecified atom stereocenters. The van der Waals surface area contributed by atoms with Crippen LogP contribution in [0.25, 0.3) is 10.4 Å². The number of hydrogen-bond donors (Lipinski definition) is 1. The normalized spacial score (nSPS) is 23.2. The minimum Gasteiger partial charge on any atom is -0.369 e. The van der Waals surface area contributed by atoms with Gasteiger partial charge in [0.2, 0.25) is 0 Å². The van der Waals surface area contributed by atoms with Gasteiger partial charge in [-0.15, -0.1) is 17.8 Å². The Morgan fingerprint density at radius 3 is 2.83 bits per heavy atom. The molecule has 1 aliphatic carbocycles. The molecule has 0 saturated heterocycles. The van der Waals surface area contributed by atoms with Crippen LogP contribution in [0, 0.1) is 18.3 Å². The van der Waals surface area contributed by atoms with Gasteiger partial charge in [0.15, 0.2) is 5.96 Å². The molecule has 4 rings (SSSR count). The Hall–Kier alpha value is -2.51. The Labute approximate surface area is 146 Å². The highest BCUT2D eigenvalue weighted by molar-refractivity contribution is 7.13. The predicted molar refractivity (Wildman–Crippen MR) is 101 cm³/mol. The molecule has 3 nitrogen and oxygen atoms in total. The Morgan fingerprint density at radius 2 is 2.21 bits per heavy atom. The summed E-state index contributed by atoms with van der Waals surface area (Å²) in [5.41, 5.74) is 9.91. The summed E-state index contributed by atoms with van der Waals surface area (Å²) in [4.78, 5) is 7.95. The number of likely N-dealkylation sites (N-methyl/N-ethyl adjacent to an activating group) is 1. The van der Waals surface area contributed by atoms with Crippen LogP contribution in [0.4, 0.5) is 0 Å². The summed E-state index contributed by atoms with van der Waals surface area (Å²) in [7, 11) is 1.94. The molecule has 2 heterocycles. The summed E-state index contributed by atoms with van der Waals surface area (Å²) in [5.74, 6) is 3.74. The van der Waals surface area contributed by atoms with Crippen molar-refractivity contribution in [2.75, 3.05) is 7.05 Å². The van der Waals surface area contributed by atoms with Crippen LogP contribution in [0.3, 0.4) is 0 Å². The van der Waals surface area contributed by atoms with E-state index in [1.54, 1.807) is 11.3 Å². The van der Waals surface area contributed by atoms with E-state index in [2.05, 4.69) is 30.0 Å². The van der Waals surface area contributed by atoms with Crippen molar-refractivity contribution >= 4 is 17.3 Å². The fraction of sp³-hybridized carbons (Fsp3) is 0.250. The number of benzene rings is 1. The summed E-state index contributed by atoms with van der Waals surface area (Å²) < 4.78 is 0. The standard InChI is InChI=1S/C20H19N3S/c1-4-14-6-5-7-15(10-14)18-11-17(12-24-18)20(16-8-9-16)13(2)23(3)19(21)22-20/h1,5-7,10-12,16H,2,8-9H2,3H3,(H2,21,22). The number of nitrogens with two attached hydrogens (primary N) is 1. The smallest absolute Gasteiger partial charge is 0.196 e. The first-order valence-electron chi connectivity index (χ1n) is 8.00. The first-order chi connectivity index (χ1) is 11.6. The molecule has 0 amide bonds. The van der Waals surface area contributed by atoms with Crippen LogP contribution >= 0.6 is 11.3 Å². The summed E-state index contributed by atoms with van der Waals surface area (Å²) in [6, 6.07) is 10.3. The van der Waals surface area contributed by atoms with Gasteiger partial charge in [-0.05, 0) is 53.5 Å². The average molecular weight is 333 g/mol. The van der Waals surface area contributed by atoms with Gasteiger partial charge in [-0.1, -0.05) is 24.6 Å². The summed E-state index contributed by atoms with van der Waals surface area (Å²) >= 11 is 1.72. The maximum Gasteiger partial charge on any atom is 0.196 e. The highest BCUT2D eigenvalue weighted by Gasteiger charge is 2.53. The molecule has 4 heteroatoms. The van der Waals surface area contributed by atoms with E-state index < -0.39 is 5.54 Å². The van der Waals surface area contributed by atoms with E-state index in [1.165, 1.54) is 23.3 Å². The lowest BCUT2D eigenvalue weighted by atomic mass is 9.84.